The Balaban J connectivity index is 0.000000561. The predicted octanol–water partition coefficient (Wildman–Crippen LogP) is 1.69. The summed E-state index contributed by atoms with van der Waals surface area (Å²) in [6.07, 6.45) is 3.03. The van der Waals surface area contributed by atoms with Crippen LogP contribution >= 0.6 is 0 Å². The molecule has 0 fully saturated rings. The molecule has 0 unspecified atom stereocenters. The summed E-state index contributed by atoms with van der Waals surface area (Å²) in [7, 11) is 0. The number of hydrogen-bond donors (Lipinski definition) is 0. The third-order valence-electron chi connectivity index (χ3n) is 0.895. The van der Waals surface area contributed by atoms with E-state index in [1.807, 2.05) is 13.8 Å². The molecule has 0 saturated carbocycles. The van der Waals surface area contributed by atoms with E-state index in [1.165, 1.54) is 23.1 Å². The summed E-state index contributed by atoms with van der Waals surface area (Å²) < 4.78 is 0. The molecule has 0 aliphatic carbocycles. The summed E-state index contributed by atoms with van der Waals surface area (Å²) in [6.45, 7) is 3.99. The zero-order valence-corrected chi connectivity index (χ0v) is 11.3. The van der Waals surface area contributed by atoms with Crippen LogP contribution in [0, 0.1) is 6.07 Å². The number of hydrogen-bond acceptors (Lipinski definition) is 2. The van der Waals surface area contributed by atoms with E-state index in [9.17, 15) is 0 Å². The van der Waals surface area contributed by atoms with Gasteiger partial charge in [0.2, 0.25) is 0 Å². The monoisotopic (exact) mass is 370 g/mol. The first-order chi connectivity index (χ1) is 5.79. The van der Waals surface area contributed by atoms with Crippen molar-refractivity contribution in [2.45, 2.75) is 19.9 Å². The second-order valence-electron chi connectivity index (χ2n) is 2.21. The fourth-order valence-corrected chi connectivity index (χ4v) is 0.569. The molecule has 0 saturated heterocycles. The first-order valence-corrected chi connectivity index (χ1v) is 9.34. The molecule has 12 heavy (non-hydrogen) atoms. The predicted molar refractivity (Wildman–Crippen MR) is 39.0 cm³/mol. The first-order valence-electron chi connectivity index (χ1n) is 3.36. The maximum absolute atomic E-state index is 4.15. The molecule has 0 atom stereocenters. The van der Waals surface area contributed by atoms with Crippen LogP contribution in [0.15, 0.2) is 12.5 Å². The van der Waals surface area contributed by atoms with Crippen LogP contribution in [0.2, 0.25) is 0 Å². The minimum atomic E-state index is 0.270. The Morgan fingerprint density at radius 1 is 1.58 bits per heavy atom. The molecule has 0 bridgehead atoms. The van der Waals surface area contributed by atoms with E-state index in [1.54, 1.807) is 6.20 Å². The fourth-order valence-electron chi connectivity index (χ4n) is 0.569. The van der Waals surface area contributed by atoms with Gasteiger partial charge in [-0.2, -0.15) is 6.20 Å². The minimum absolute atomic E-state index is 0.270. The molecule has 1 aromatic heterocycles. The van der Waals surface area contributed by atoms with Gasteiger partial charge < -0.3 is 21.4 Å². The maximum atomic E-state index is 4.15. The van der Waals surface area contributed by atoms with Crippen LogP contribution < -0.4 is 0 Å². The second-order valence-corrected chi connectivity index (χ2v) is 2.21. The van der Waals surface area contributed by atoms with Gasteiger partial charge in [-0.05, 0) is 6.04 Å². The molecule has 1 heterocycles. The zero-order chi connectivity index (χ0) is 9.40. The van der Waals surface area contributed by atoms with E-state index in [2.05, 4.69) is 35.4 Å². The van der Waals surface area contributed by atoms with Crippen molar-refractivity contribution in [3.63, 3.8) is 0 Å². The second kappa shape index (κ2) is 7.78. The molecule has 0 aromatic carbocycles. The third kappa shape index (κ3) is 5.76. The van der Waals surface area contributed by atoms with Crippen LogP contribution in [0.5, 0.6) is 0 Å². The Hall–Kier alpha value is 0.153. The molecule has 0 amide bonds. The van der Waals surface area contributed by atoms with Gasteiger partial charge in [0.1, 0.15) is 0 Å². The Labute approximate surface area is 90.2 Å². The van der Waals surface area contributed by atoms with Crippen molar-refractivity contribution in [2.24, 2.45) is 0 Å². The van der Waals surface area contributed by atoms with Crippen molar-refractivity contribution in [3.8, 4) is 0 Å². The summed E-state index contributed by atoms with van der Waals surface area (Å²) >= 11 is 3.92. The van der Waals surface area contributed by atoms with Crippen LogP contribution in [0.1, 0.15) is 13.8 Å². The Kier molecular flexibility index (Phi) is 7.88. The number of nitrogens with zero attached hydrogens (tertiary/aromatic N) is 3. The molecule has 0 aliphatic heterocycles. The molecule has 65 valence electrons. The summed E-state index contributed by atoms with van der Waals surface area (Å²) in [5, 5.41) is 4.15. The molecule has 0 spiro atoms. The third-order valence-corrected chi connectivity index (χ3v) is 0.895. The molecular weight excluding hydrogens is 361 g/mol. The molecule has 3 nitrogen and oxygen atoms in total. The molecule has 0 N–H and O–H groups in total. The molecule has 1 rings (SSSR count). The van der Waals surface area contributed by atoms with E-state index in [0.717, 1.165) is 0 Å². The SMILES string of the molecule is CC(C)[N-]c1[c-]cncn1.[V]=[W]. The standard InChI is InChI=1S/C7H9N3.V.W/c1-6(2)10-7-3-4-8-5-9-7;;/h4-6H,1-2H3;;/q-2;;. The van der Waals surface area contributed by atoms with Gasteiger partial charge >= 0.3 is 30.9 Å². The number of aromatic nitrogens is 2. The average molecular weight is 370 g/mol. The van der Waals surface area contributed by atoms with Crippen LogP contribution in [0.25, 0.3) is 5.32 Å². The van der Waals surface area contributed by atoms with Crippen LogP contribution in [0.3, 0.4) is 0 Å². The van der Waals surface area contributed by atoms with E-state index in [0.29, 0.717) is 5.82 Å². The Bertz CT molecular complexity index is 205. The van der Waals surface area contributed by atoms with Crippen molar-refractivity contribution in [1.29, 1.82) is 0 Å². The van der Waals surface area contributed by atoms with E-state index in [-0.39, 0.29) is 6.04 Å². The molecule has 5 heteroatoms. The van der Waals surface area contributed by atoms with Gasteiger partial charge in [-0.1, -0.05) is 13.8 Å². The van der Waals surface area contributed by atoms with Crippen molar-refractivity contribution in [2.75, 3.05) is 0 Å². The molecular formula is C7H9N3VW-2. The Morgan fingerprint density at radius 2 is 2.25 bits per heavy atom. The van der Waals surface area contributed by atoms with Crippen LogP contribution in [0.4, 0.5) is 5.82 Å². The van der Waals surface area contributed by atoms with E-state index >= 15 is 0 Å². The molecule has 0 radical (unpaired) electrons. The van der Waals surface area contributed by atoms with Crippen molar-refractivity contribution < 1.29 is 30.9 Å². The van der Waals surface area contributed by atoms with E-state index in [4.69, 9.17) is 0 Å². The van der Waals surface area contributed by atoms with E-state index < -0.39 is 0 Å². The normalized spacial score (nSPS) is 8.50. The molecule has 1 aromatic rings. The molecule has 0 aliphatic rings. The van der Waals surface area contributed by atoms with Gasteiger partial charge in [0.15, 0.2) is 0 Å². The van der Waals surface area contributed by atoms with Gasteiger partial charge in [-0.15, -0.1) is 0 Å². The summed E-state index contributed by atoms with van der Waals surface area (Å²) in [5.41, 5.74) is 0. The Morgan fingerprint density at radius 3 is 2.67 bits per heavy atom. The topological polar surface area (TPSA) is 39.9 Å². The summed E-state index contributed by atoms with van der Waals surface area (Å²) in [4.78, 5) is 7.61. The van der Waals surface area contributed by atoms with Gasteiger partial charge in [-0.3, -0.25) is 0 Å². The van der Waals surface area contributed by atoms with Gasteiger partial charge in [0.25, 0.3) is 0 Å². The zero-order valence-electron chi connectivity index (χ0n) is 6.93. The summed E-state index contributed by atoms with van der Waals surface area (Å²) in [6, 6.07) is 3.08. The van der Waals surface area contributed by atoms with Crippen LogP contribution in [-0.4, -0.2) is 16.0 Å². The average Bonchev–Trinajstić information content (AvgIpc) is 2.08. The van der Waals surface area contributed by atoms with Crippen molar-refractivity contribution in [3.05, 3.63) is 23.9 Å². The van der Waals surface area contributed by atoms with Gasteiger partial charge in [0, 0.05) is 6.33 Å². The van der Waals surface area contributed by atoms with Crippen molar-refractivity contribution >= 4 is 5.82 Å². The number of rotatable bonds is 2. The van der Waals surface area contributed by atoms with Crippen LogP contribution in [-0.2, 0) is 30.9 Å². The first kappa shape index (κ1) is 12.2. The van der Waals surface area contributed by atoms with Gasteiger partial charge in [-0.25, -0.2) is 5.82 Å². The summed E-state index contributed by atoms with van der Waals surface area (Å²) in [5.74, 6) is 0.630. The quantitative estimate of drug-likeness (QED) is 0.744. The van der Waals surface area contributed by atoms with Crippen molar-refractivity contribution in [1.82, 2.24) is 9.97 Å². The fraction of sp³-hybridized carbons (Fsp3) is 0.429. The van der Waals surface area contributed by atoms with Gasteiger partial charge in [0.05, 0.1) is 0 Å².